The molecule has 19 heavy (non-hydrogen) atoms. The van der Waals surface area contributed by atoms with Gasteiger partial charge in [0.1, 0.15) is 0 Å². The third kappa shape index (κ3) is 5.57. The minimum atomic E-state index is -0.0296. The molecule has 0 saturated heterocycles. The molecule has 0 fully saturated rings. The van der Waals surface area contributed by atoms with Gasteiger partial charge >= 0.3 is 0 Å². The highest BCUT2D eigenvalue weighted by Gasteiger charge is 2.19. The summed E-state index contributed by atoms with van der Waals surface area (Å²) in [4.78, 5) is 15.4. The van der Waals surface area contributed by atoms with Crippen LogP contribution >= 0.6 is 27.7 Å². The maximum absolute atomic E-state index is 12.3. The molecule has 1 aromatic carbocycles. The van der Waals surface area contributed by atoms with Crippen molar-refractivity contribution in [3.05, 3.63) is 28.7 Å². The number of nitrogens with zero attached hydrogens (tertiary/aromatic N) is 1. The third-order valence-corrected chi connectivity index (χ3v) is 4.58. The highest BCUT2D eigenvalue weighted by Crippen LogP contribution is 2.26. The van der Waals surface area contributed by atoms with Crippen LogP contribution in [0.1, 0.15) is 33.6 Å². The van der Waals surface area contributed by atoms with Gasteiger partial charge in [0.2, 0.25) is 5.91 Å². The van der Waals surface area contributed by atoms with Gasteiger partial charge in [-0.05, 0) is 44.5 Å². The van der Waals surface area contributed by atoms with E-state index in [1.807, 2.05) is 43.0 Å². The van der Waals surface area contributed by atoms with Crippen molar-refractivity contribution in [2.75, 3.05) is 13.1 Å². The highest BCUT2D eigenvalue weighted by molar-refractivity contribution is 9.10. The molecule has 1 atom stereocenters. The first-order chi connectivity index (χ1) is 9.08. The van der Waals surface area contributed by atoms with Crippen molar-refractivity contribution in [2.24, 2.45) is 0 Å². The van der Waals surface area contributed by atoms with Gasteiger partial charge in [0, 0.05) is 22.5 Å². The summed E-state index contributed by atoms with van der Waals surface area (Å²) in [5, 5.41) is -0.0296. The maximum Gasteiger partial charge on any atom is 0.235 e. The Kier molecular flexibility index (Phi) is 7.54. The number of unbranched alkanes of at least 4 members (excludes halogenated alkanes) is 1. The molecule has 0 saturated carbocycles. The summed E-state index contributed by atoms with van der Waals surface area (Å²) in [7, 11) is 0. The first-order valence-corrected chi connectivity index (χ1v) is 8.46. The summed E-state index contributed by atoms with van der Waals surface area (Å²) in [6.45, 7) is 7.85. The Morgan fingerprint density at radius 2 is 1.95 bits per heavy atom. The zero-order valence-electron chi connectivity index (χ0n) is 11.9. The van der Waals surface area contributed by atoms with E-state index in [1.165, 1.54) is 0 Å². The van der Waals surface area contributed by atoms with Gasteiger partial charge in [-0.1, -0.05) is 29.3 Å². The summed E-state index contributed by atoms with van der Waals surface area (Å²) in [5.41, 5.74) is 0. The largest absolute Gasteiger partial charge is 0.342 e. The molecule has 4 heteroatoms. The molecule has 0 aliphatic rings. The van der Waals surface area contributed by atoms with Gasteiger partial charge in [-0.2, -0.15) is 0 Å². The number of hydrogen-bond donors (Lipinski definition) is 0. The Hall–Kier alpha value is -0.480. The number of carbonyl (C=O) groups is 1. The lowest BCUT2D eigenvalue weighted by atomic mass is 10.3. The van der Waals surface area contributed by atoms with Crippen molar-refractivity contribution in [1.29, 1.82) is 0 Å². The molecule has 1 aromatic rings. The van der Waals surface area contributed by atoms with Gasteiger partial charge in [-0.25, -0.2) is 0 Å². The lowest BCUT2D eigenvalue weighted by Crippen LogP contribution is -2.37. The van der Waals surface area contributed by atoms with Crippen LogP contribution in [0.15, 0.2) is 33.6 Å². The molecule has 1 rings (SSSR count). The van der Waals surface area contributed by atoms with E-state index in [2.05, 4.69) is 22.9 Å². The zero-order valence-corrected chi connectivity index (χ0v) is 14.3. The molecule has 106 valence electrons. The molecule has 2 nitrogen and oxygen atoms in total. The molecule has 0 N–H and O–H groups in total. The van der Waals surface area contributed by atoms with E-state index in [4.69, 9.17) is 0 Å². The minimum Gasteiger partial charge on any atom is -0.342 e. The molecule has 0 spiro atoms. The van der Waals surface area contributed by atoms with E-state index in [-0.39, 0.29) is 11.2 Å². The Morgan fingerprint density at radius 1 is 1.32 bits per heavy atom. The van der Waals surface area contributed by atoms with E-state index in [1.54, 1.807) is 11.8 Å². The quantitative estimate of drug-likeness (QED) is 0.675. The lowest BCUT2D eigenvalue weighted by molar-refractivity contribution is -0.130. The first kappa shape index (κ1) is 16.6. The van der Waals surface area contributed by atoms with Crippen molar-refractivity contribution in [1.82, 2.24) is 4.90 Å². The summed E-state index contributed by atoms with van der Waals surface area (Å²) in [6.07, 6.45) is 2.20. The van der Waals surface area contributed by atoms with Crippen LogP contribution in [0.2, 0.25) is 0 Å². The van der Waals surface area contributed by atoms with Crippen molar-refractivity contribution in [3.63, 3.8) is 0 Å². The van der Waals surface area contributed by atoms with E-state index >= 15 is 0 Å². The number of benzene rings is 1. The van der Waals surface area contributed by atoms with Crippen LogP contribution in [0.3, 0.4) is 0 Å². The van der Waals surface area contributed by atoms with E-state index in [0.717, 1.165) is 35.3 Å². The molecule has 0 bridgehead atoms. The topological polar surface area (TPSA) is 20.3 Å². The predicted molar refractivity (Wildman–Crippen MR) is 86.6 cm³/mol. The van der Waals surface area contributed by atoms with E-state index in [9.17, 15) is 4.79 Å². The fourth-order valence-electron chi connectivity index (χ4n) is 1.80. The van der Waals surface area contributed by atoms with Crippen LogP contribution in [0, 0.1) is 0 Å². The lowest BCUT2D eigenvalue weighted by Gasteiger charge is -2.24. The number of carbonyl (C=O) groups excluding carboxylic acids is 1. The van der Waals surface area contributed by atoms with Crippen molar-refractivity contribution in [3.8, 4) is 0 Å². The summed E-state index contributed by atoms with van der Waals surface area (Å²) < 4.78 is 1.06. The second kappa shape index (κ2) is 8.64. The van der Waals surface area contributed by atoms with Crippen molar-refractivity contribution < 1.29 is 4.79 Å². The second-order valence-corrected chi connectivity index (χ2v) is 6.82. The van der Waals surface area contributed by atoms with Crippen LogP contribution in [-0.4, -0.2) is 29.1 Å². The number of halogens is 1. The SMILES string of the molecule is CCCCN(CC)C(=O)C(C)Sc1ccc(Br)cc1. The molecule has 0 aliphatic carbocycles. The predicted octanol–water partition coefficient (Wildman–Crippen LogP) is 4.58. The smallest absolute Gasteiger partial charge is 0.235 e. The summed E-state index contributed by atoms with van der Waals surface area (Å²) in [6, 6.07) is 8.10. The molecular weight excluding hydrogens is 322 g/mol. The minimum absolute atomic E-state index is 0.0296. The van der Waals surface area contributed by atoms with Crippen molar-refractivity contribution >= 4 is 33.6 Å². The highest BCUT2D eigenvalue weighted by atomic mass is 79.9. The zero-order chi connectivity index (χ0) is 14.3. The molecule has 1 unspecified atom stereocenters. The molecule has 0 aliphatic heterocycles. The average molecular weight is 344 g/mol. The normalized spacial score (nSPS) is 12.2. The van der Waals surface area contributed by atoms with Gasteiger partial charge < -0.3 is 4.90 Å². The Bertz CT molecular complexity index is 394. The number of rotatable bonds is 7. The number of amides is 1. The first-order valence-electron chi connectivity index (χ1n) is 6.79. The number of thioether (sulfide) groups is 1. The van der Waals surface area contributed by atoms with Gasteiger partial charge in [0.05, 0.1) is 5.25 Å². The van der Waals surface area contributed by atoms with Crippen LogP contribution in [0.25, 0.3) is 0 Å². The van der Waals surface area contributed by atoms with Crippen LogP contribution < -0.4 is 0 Å². The maximum atomic E-state index is 12.3. The summed E-state index contributed by atoms with van der Waals surface area (Å²) in [5.74, 6) is 0.240. The van der Waals surface area contributed by atoms with Gasteiger partial charge in [0.15, 0.2) is 0 Å². The fraction of sp³-hybridized carbons (Fsp3) is 0.533. The Labute approximate surface area is 129 Å². The van der Waals surface area contributed by atoms with Gasteiger partial charge in [0.25, 0.3) is 0 Å². The van der Waals surface area contributed by atoms with Crippen LogP contribution in [-0.2, 0) is 4.79 Å². The van der Waals surface area contributed by atoms with Crippen LogP contribution in [0.4, 0.5) is 0 Å². The van der Waals surface area contributed by atoms with E-state index in [0.29, 0.717) is 0 Å². The fourth-order valence-corrected chi connectivity index (χ4v) is 3.01. The molecule has 0 radical (unpaired) electrons. The van der Waals surface area contributed by atoms with Crippen molar-refractivity contribution in [2.45, 2.75) is 43.8 Å². The van der Waals surface area contributed by atoms with E-state index < -0.39 is 0 Å². The number of hydrogen-bond acceptors (Lipinski definition) is 2. The Morgan fingerprint density at radius 3 is 2.47 bits per heavy atom. The standard InChI is InChI=1S/C15H22BrNOS/c1-4-6-11-17(5-2)15(18)12(3)19-14-9-7-13(16)8-10-14/h7-10,12H,4-6,11H2,1-3H3. The molecule has 0 aromatic heterocycles. The summed E-state index contributed by atoms with van der Waals surface area (Å²) >= 11 is 5.04. The van der Waals surface area contributed by atoms with Crippen LogP contribution in [0.5, 0.6) is 0 Å². The molecule has 1 amide bonds. The molecule has 0 heterocycles. The monoisotopic (exact) mass is 343 g/mol. The average Bonchev–Trinajstić information content (AvgIpc) is 2.42. The van der Waals surface area contributed by atoms with Gasteiger partial charge in [-0.15, -0.1) is 11.8 Å². The second-order valence-electron chi connectivity index (χ2n) is 4.49. The Balaban J connectivity index is 2.57. The molecular formula is C15H22BrNOS. The van der Waals surface area contributed by atoms with Gasteiger partial charge in [-0.3, -0.25) is 4.79 Å². The third-order valence-electron chi connectivity index (χ3n) is 2.95.